The highest BCUT2D eigenvalue weighted by atomic mass is 16.5. The van der Waals surface area contributed by atoms with Gasteiger partial charge in [0.25, 0.3) is 0 Å². The summed E-state index contributed by atoms with van der Waals surface area (Å²) in [6, 6.07) is 6.89. The largest absolute Gasteiger partial charge is 0.495 e. The van der Waals surface area contributed by atoms with Crippen LogP contribution in [0.2, 0.25) is 0 Å². The number of nitrogens with one attached hydrogen (secondary N) is 5. The van der Waals surface area contributed by atoms with Crippen molar-refractivity contribution in [3.8, 4) is 5.75 Å². The molecule has 0 radical (unpaired) electrons. The lowest BCUT2D eigenvalue weighted by molar-refractivity contribution is -0.347. The smallest absolute Gasteiger partial charge is 0.307 e. The first-order chi connectivity index (χ1) is 15.3. The number of rotatable bonds is 6. The molecule has 2 aromatic heterocycles. The summed E-state index contributed by atoms with van der Waals surface area (Å²) in [5.74, 6) is 2.79. The highest BCUT2D eigenvalue weighted by Crippen LogP contribution is 2.34. The van der Waals surface area contributed by atoms with E-state index in [0.717, 1.165) is 54.3 Å². The number of H-pyrrole nitrogens is 2. The Bertz CT molecular complexity index is 1020. The van der Waals surface area contributed by atoms with E-state index in [4.69, 9.17) is 9.72 Å². The number of methoxy groups -OCH3 is 1. The number of anilines is 3. The van der Waals surface area contributed by atoms with Crippen molar-refractivity contribution in [3.05, 3.63) is 30.1 Å². The molecule has 2 aliphatic rings. The van der Waals surface area contributed by atoms with Gasteiger partial charge in [-0.2, -0.15) is 4.98 Å². The molecule has 5 N–H and O–H groups in total. The Hall–Kier alpha value is -2.87. The molecule has 8 heteroatoms. The monoisotopic (exact) mass is 422 g/mol. The Balaban J connectivity index is 1.40. The van der Waals surface area contributed by atoms with Crippen LogP contribution < -0.4 is 25.7 Å². The Morgan fingerprint density at radius 1 is 1.06 bits per heavy atom. The maximum Gasteiger partial charge on any atom is 0.307 e. The zero-order chi connectivity index (χ0) is 21.0. The molecular formula is C23H32N7O+. The summed E-state index contributed by atoms with van der Waals surface area (Å²) in [6.07, 6.45) is 10.4. The van der Waals surface area contributed by atoms with Crippen LogP contribution in [-0.4, -0.2) is 41.2 Å². The zero-order valence-corrected chi connectivity index (χ0v) is 18.1. The van der Waals surface area contributed by atoms with E-state index in [2.05, 4.69) is 49.1 Å². The predicted octanol–water partition coefficient (Wildman–Crippen LogP) is 3.74. The Morgan fingerprint density at radius 3 is 2.71 bits per heavy atom. The van der Waals surface area contributed by atoms with Gasteiger partial charge in [-0.15, -0.1) is 0 Å². The summed E-state index contributed by atoms with van der Waals surface area (Å²) >= 11 is 0. The number of ether oxygens (including phenoxy) is 1. The van der Waals surface area contributed by atoms with E-state index in [1.165, 1.54) is 37.7 Å². The molecule has 0 amide bonds. The Labute approximate surface area is 182 Å². The van der Waals surface area contributed by atoms with Crippen molar-refractivity contribution in [3.63, 3.8) is 0 Å². The molecule has 0 atom stereocenters. The van der Waals surface area contributed by atoms with Gasteiger partial charge >= 0.3 is 11.6 Å². The van der Waals surface area contributed by atoms with Gasteiger partial charge in [0.2, 0.25) is 5.52 Å². The van der Waals surface area contributed by atoms with Crippen LogP contribution in [0.5, 0.6) is 5.75 Å². The number of piperidine rings is 1. The van der Waals surface area contributed by atoms with Crippen molar-refractivity contribution in [1.29, 1.82) is 0 Å². The van der Waals surface area contributed by atoms with E-state index in [-0.39, 0.29) is 0 Å². The van der Waals surface area contributed by atoms with E-state index >= 15 is 0 Å². The van der Waals surface area contributed by atoms with Crippen molar-refractivity contribution >= 4 is 28.6 Å². The highest BCUT2D eigenvalue weighted by molar-refractivity contribution is 5.82. The van der Waals surface area contributed by atoms with Crippen molar-refractivity contribution in [2.24, 2.45) is 0 Å². The minimum absolute atomic E-state index is 0.460. The fraction of sp³-hybridized carbons (Fsp3) is 0.522. The molecule has 1 aliphatic heterocycles. The Morgan fingerprint density at radius 2 is 1.90 bits per heavy atom. The normalized spacial score (nSPS) is 18.2. The summed E-state index contributed by atoms with van der Waals surface area (Å²) in [6.45, 7) is 2.15. The lowest BCUT2D eigenvalue weighted by Gasteiger charge is -2.24. The van der Waals surface area contributed by atoms with Gasteiger partial charge in [-0.25, -0.2) is 4.98 Å². The summed E-state index contributed by atoms with van der Waals surface area (Å²) in [5, 5.41) is 10.4. The average molecular weight is 423 g/mol. The molecule has 3 aromatic rings. The van der Waals surface area contributed by atoms with Gasteiger partial charge in [0.15, 0.2) is 12.1 Å². The minimum Gasteiger partial charge on any atom is -0.495 e. The second-order valence-corrected chi connectivity index (χ2v) is 8.64. The fourth-order valence-electron chi connectivity index (χ4n) is 4.82. The van der Waals surface area contributed by atoms with Gasteiger partial charge in [0, 0.05) is 6.04 Å². The molecule has 0 unspecified atom stereocenters. The van der Waals surface area contributed by atoms with Crippen LogP contribution in [0.4, 0.5) is 17.5 Å². The van der Waals surface area contributed by atoms with Crippen molar-refractivity contribution in [2.75, 3.05) is 30.8 Å². The molecule has 1 saturated carbocycles. The van der Waals surface area contributed by atoms with Gasteiger partial charge in [0.1, 0.15) is 5.75 Å². The van der Waals surface area contributed by atoms with Crippen LogP contribution in [-0.2, 0) is 0 Å². The van der Waals surface area contributed by atoms with E-state index in [9.17, 15) is 0 Å². The SMILES string of the molecule is COc1cc(C2CCNCC2)ccc1Nc1nc(NC2CCCCC2)c2[nH]c[nH+]c2n1. The maximum absolute atomic E-state index is 5.71. The lowest BCUT2D eigenvalue weighted by atomic mass is 9.90. The van der Waals surface area contributed by atoms with E-state index in [0.29, 0.717) is 17.9 Å². The van der Waals surface area contributed by atoms with Gasteiger partial charge in [0.05, 0.1) is 12.8 Å². The topological polar surface area (TPSA) is 101 Å². The zero-order valence-electron chi connectivity index (χ0n) is 18.1. The molecule has 0 spiro atoms. The molecule has 2 fully saturated rings. The molecule has 0 bridgehead atoms. The third-order valence-electron chi connectivity index (χ3n) is 6.56. The number of hydrogen-bond donors (Lipinski definition) is 4. The van der Waals surface area contributed by atoms with Crippen LogP contribution in [0, 0.1) is 0 Å². The first-order valence-corrected chi connectivity index (χ1v) is 11.5. The molecule has 164 valence electrons. The molecule has 5 rings (SSSR count). The van der Waals surface area contributed by atoms with Gasteiger partial charge in [-0.3, -0.25) is 4.98 Å². The first kappa shape index (κ1) is 20.1. The summed E-state index contributed by atoms with van der Waals surface area (Å²) in [4.78, 5) is 15.9. The minimum atomic E-state index is 0.460. The van der Waals surface area contributed by atoms with Crippen LogP contribution in [0.3, 0.4) is 0 Å². The summed E-state index contributed by atoms with van der Waals surface area (Å²) in [5.41, 5.74) is 3.89. The predicted molar refractivity (Wildman–Crippen MR) is 122 cm³/mol. The molecule has 8 nitrogen and oxygen atoms in total. The molecule has 1 aliphatic carbocycles. The van der Waals surface area contributed by atoms with Crippen molar-refractivity contribution in [1.82, 2.24) is 20.3 Å². The van der Waals surface area contributed by atoms with E-state index in [1.54, 1.807) is 13.4 Å². The lowest BCUT2D eigenvalue weighted by Crippen LogP contribution is -2.26. The van der Waals surface area contributed by atoms with E-state index in [1.807, 2.05) is 0 Å². The van der Waals surface area contributed by atoms with Crippen LogP contribution in [0.1, 0.15) is 56.4 Å². The number of nitrogens with zero attached hydrogens (tertiary/aromatic N) is 2. The number of fused-ring (bicyclic) bond motifs is 1. The summed E-state index contributed by atoms with van der Waals surface area (Å²) < 4.78 is 5.71. The van der Waals surface area contributed by atoms with Crippen LogP contribution in [0.25, 0.3) is 11.2 Å². The average Bonchev–Trinajstić information content (AvgIpc) is 3.30. The van der Waals surface area contributed by atoms with Crippen LogP contribution in [0.15, 0.2) is 24.5 Å². The second-order valence-electron chi connectivity index (χ2n) is 8.64. The van der Waals surface area contributed by atoms with Crippen molar-refractivity contribution in [2.45, 2.75) is 56.9 Å². The van der Waals surface area contributed by atoms with Gasteiger partial charge < -0.3 is 20.7 Å². The molecule has 31 heavy (non-hydrogen) atoms. The van der Waals surface area contributed by atoms with Crippen molar-refractivity contribution < 1.29 is 9.72 Å². The standard InChI is InChI=1S/C23H31N7O/c1-31-19-13-16(15-9-11-24-12-10-15)7-8-18(19)28-23-29-21-20(25-14-26-21)22(30-23)27-17-5-3-2-4-6-17/h7-8,13-15,17,24H,2-6,9-12H2,1H3,(H3,25,26,27,28,29,30)/p+1. The number of aromatic amines is 2. The van der Waals surface area contributed by atoms with Gasteiger partial charge in [-0.1, -0.05) is 30.3 Å². The van der Waals surface area contributed by atoms with Crippen LogP contribution >= 0.6 is 0 Å². The molecule has 1 aromatic carbocycles. The maximum atomic E-state index is 5.71. The number of benzene rings is 1. The van der Waals surface area contributed by atoms with E-state index < -0.39 is 0 Å². The molecule has 3 heterocycles. The first-order valence-electron chi connectivity index (χ1n) is 11.5. The van der Waals surface area contributed by atoms with Gasteiger partial charge in [-0.05, 0) is 62.4 Å². The molecular weight excluding hydrogens is 390 g/mol. The quantitative estimate of drug-likeness (QED) is 0.483. The summed E-state index contributed by atoms with van der Waals surface area (Å²) in [7, 11) is 1.72. The Kier molecular flexibility index (Phi) is 5.88. The third kappa shape index (κ3) is 4.44. The third-order valence-corrected chi connectivity index (χ3v) is 6.56. The molecule has 1 saturated heterocycles. The number of hydrogen-bond acceptors (Lipinski definition) is 6. The number of aromatic nitrogens is 4. The fourth-order valence-corrected chi connectivity index (χ4v) is 4.82. The number of imidazole rings is 1. The highest BCUT2D eigenvalue weighted by Gasteiger charge is 2.22. The second kappa shape index (κ2) is 9.09.